The van der Waals surface area contributed by atoms with Gasteiger partial charge in [-0.2, -0.15) is 26.3 Å². The molecule has 0 aliphatic carbocycles. The first-order valence-corrected chi connectivity index (χ1v) is 9.10. The number of H-pyrrole nitrogens is 1. The lowest BCUT2D eigenvalue weighted by Crippen LogP contribution is -2.10. The number of ether oxygens (including phenoxy) is 1. The van der Waals surface area contributed by atoms with E-state index in [-0.39, 0.29) is 28.6 Å². The molecule has 0 atom stereocenters. The Morgan fingerprint density at radius 2 is 1.73 bits per heavy atom. The molecular formula is C18H10F6N4OS. The summed E-state index contributed by atoms with van der Waals surface area (Å²) in [5.41, 5.74) is -2.87. The normalized spacial score (nSPS) is 12.5. The van der Waals surface area contributed by atoms with E-state index >= 15 is 0 Å². The highest BCUT2D eigenvalue weighted by Gasteiger charge is 2.37. The van der Waals surface area contributed by atoms with Gasteiger partial charge in [-0.25, -0.2) is 15.0 Å². The van der Waals surface area contributed by atoms with Crippen molar-refractivity contribution in [3.63, 3.8) is 0 Å². The number of imidazole rings is 1. The molecule has 0 unspecified atom stereocenters. The lowest BCUT2D eigenvalue weighted by Gasteiger charge is -2.11. The molecule has 1 N–H and O–H groups in total. The van der Waals surface area contributed by atoms with Crippen LogP contribution in [0.15, 0.2) is 35.7 Å². The Hall–Kier alpha value is -3.15. The number of nitrogens with one attached hydrogen (secondary N) is 1. The van der Waals surface area contributed by atoms with Crippen LogP contribution in [-0.4, -0.2) is 27.0 Å². The number of nitrogens with zero attached hydrogens (tertiary/aromatic N) is 3. The van der Waals surface area contributed by atoms with E-state index < -0.39 is 29.1 Å². The van der Waals surface area contributed by atoms with Crippen molar-refractivity contribution in [1.82, 2.24) is 19.9 Å². The molecule has 3 heterocycles. The number of aromatic amines is 1. The van der Waals surface area contributed by atoms with Gasteiger partial charge in [0, 0.05) is 0 Å². The molecule has 0 spiro atoms. The summed E-state index contributed by atoms with van der Waals surface area (Å²) in [6, 6.07) is 5.82. The summed E-state index contributed by atoms with van der Waals surface area (Å²) in [6.45, 7) is 0. The molecule has 4 aromatic rings. The average Bonchev–Trinajstić information content (AvgIpc) is 3.34. The zero-order valence-corrected chi connectivity index (χ0v) is 15.7. The molecule has 1 aromatic carbocycles. The number of methoxy groups -OCH3 is 1. The third kappa shape index (κ3) is 3.58. The van der Waals surface area contributed by atoms with Gasteiger partial charge in [0.25, 0.3) is 0 Å². The zero-order chi connectivity index (χ0) is 21.7. The van der Waals surface area contributed by atoms with Crippen LogP contribution in [0.4, 0.5) is 26.3 Å². The number of rotatable bonds is 3. The van der Waals surface area contributed by atoms with Gasteiger partial charge in [-0.1, -0.05) is 6.07 Å². The molecular weight excluding hydrogens is 434 g/mol. The Morgan fingerprint density at radius 1 is 0.967 bits per heavy atom. The van der Waals surface area contributed by atoms with Crippen LogP contribution < -0.4 is 4.74 Å². The smallest absolute Gasteiger partial charge is 0.435 e. The lowest BCUT2D eigenvalue weighted by molar-refractivity contribution is -0.140. The van der Waals surface area contributed by atoms with Gasteiger partial charge in [-0.3, -0.25) is 0 Å². The molecule has 12 heteroatoms. The number of aromatic nitrogens is 4. The molecule has 0 radical (unpaired) electrons. The van der Waals surface area contributed by atoms with E-state index in [1.165, 1.54) is 0 Å². The predicted octanol–water partition coefficient (Wildman–Crippen LogP) is 5.79. The highest BCUT2D eigenvalue weighted by atomic mass is 32.1. The van der Waals surface area contributed by atoms with Crippen LogP contribution in [0.25, 0.3) is 33.3 Å². The molecule has 156 valence electrons. The van der Waals surface area contributed by atoms with Gasteiger partial charge in [0.15, 0.2) is 17.2 Å². The summed E-state index contributed by atoms with van der Waals surface area (Å²) in [5, 5.41) is 1.67. The molecule has 0 saturated carbocycles. The van der Waals surface area contributed by atoms with Gasteiger partial charge in [0.05, 0.1) is 23.1 Å². The van der Waals surface area contributed by atoms with Crippen LogP contribution in [0.3, 0.4) is 0 Å². The first kappa shape index (κ1) is 20.1. The average molecular weight is 444 g/mol. The Bertz CT molecular complexity index is 1210. The SMILES string of the molecule is COc1cc(C(F)(F)F)ccc1-c1nc2nc(-c3cccs3)nc(C(F)(F)F)c2[nH]1. The van der Waals surface area contributed by atoms with Gasteiger partial charge < -0.3 is 9.72 Å². The second-order valence-corrected chi connectivity index (χ2v) is 7.02. The lowest BCUT2D eigenvalue weighted by atomic mass is 10.1. The summed E-state index contributed by atoms with van der Waals surface area (Å²) in [4.78, 5) is 14.7. The number of hydrogen-bond acceptors (Lipinski definition) is 5. The summed E-state index contributed by atoms with van der Waals surface area (Å²) in [5.74, 6) is -0.482. The van der Waals surface area contributed by atoms with Crippen LogP contribution in [0.1, 0.15) is 11.3 Å². The highest BCUT2D eigenvalue weighted by molar-refractivity contribution is 7.13. The molecule has 0 aliphatic rings. The maximum atomic E-state index is 13.6. The van der Waals surface area contributed by atoms with Crippen LogP contribution in [0, 0.1) is 0 Å². The molecule has 30 heavy (non-hydrogen) atoms. The van der Waals surface area contributed by atoms with Crippen molar-refractivity contribution in [3.8, 4) is 27.8 Å². The summed E-state index contributed by atoms with van der Waals surface area (Å²) >= 11 is 1.16. The van der Waals surface area contributed by atoms with Crippen LogP contribution in [0.5, 0.6) is 5.75 Å². The van der Waals surface area contributed by atoms with Gasteiger partial charge in [0.1, 0.15) is 17.1 Å². The topological polar surface area (TPSA) is 63.7 Å². The van der Waals surface area contributed by atoms with Crippen molar-refractivity contribution < 1.29 is 31.1 Å². The van der Waals surface area contributed by atoms with E-state index in [1.54, 1.807) is 17.5 Å². The molecule has 5 nitrogen and oxygen atoms in total. The quantitative estimate of drug-likeness (QED) is 0.406. The Morgan fingerprint density at radius 3 is 2.33 bits per heavy atom. The van der Waals surface area contributed by atoms with Gasteiger partial charge >= 0.3 is 12.4 Å². The van der Waals surface area contributed by atoms with Crippen LogP contribution in [0.2, 0.25) is 0 Å². The number of halogens is 6. The third-order valence-corrected chi connectivity index (χ3v) is 5.01. The summed E-state index contributed by atoms with van der Waals surface area (Å²) in [6.07, 6.45) is -9.41. The van der Waals surface area contributed by atoms with Gasteiger partial charge in [-0.05, 0) is 29.6 Å². The van der Waals surface area contributed by atoms with Gasteiger partial charge in [0.2, 0.25) is 0 Å². The Balaban J connectivity index is 1.92. The monoisotopic (exact) mass is 444 g/mol. The molecule has 0 bridgehead atoms. The molecule has 3 aromatic heterocycles. The van der Waals surface area contributed by atoms with Gasteiger partial charge in [-0.15, -0.1) is 11.3 Å². The van der Waals surface area contributed by atoms with E-state index in [4.69, 9.17) is 4.74 Å². The first-order valence-electron chi connectivity index (χ1n) is 8.22. The molecule has 0 aliphatic heterocycles. The molecule has 0 amide bonds. The fourth-order valence-corrected chi connectivity index (χ4v) is 3.47. The number of thiophene rings is 1. The summed E-state index contributed by atoms with van der Waals surface area (Å²) in [7, 11) is 1.15. The van der Waals surface area contributed by atoms with E-state index in [9.17, 15) is 26.3 Å². The predicted molar refractivity (Wildman–Crippen MR) is 97.0 cm³/mol. The molecule has 0 saturated heterocycles. The maximum absolute atomic E-state index is 13.6. The second-order valence-electron chi connectivity index (χ2n) is 6.07. The van der Waals surface area contributed by atoms with Crippen molar-refractivity contribution >= 4 is 22.5 Å². The largest absolute Gasteiger partial charge is 0.496 e. The number of alkyl halides is 6. The minimum atomic E-state index is -4.80. The number of hydrogen-bond donors (Lipinski definition) is 1. The van der Waals surface area contributed by atoms with E-state index in [1.807, 2.05) is 0 Å². The van der Waals surface area contributed by atoms with Crippen molar-refractivity contribution in [1.29, 1.82) is 0 Å². The summed E-state index contributed by atoms with van der Waals surface area (Å²) < 4.78 is 84.6. The second kappa shape index (κ2) is 6.97. The standard InChI is InChI=1S/C18H10F6N4OS/c1-29-10-7-8(17(19,20)21)4-5-9(10)14-25-12-13(18(22,23)24)26-15(28-16(12)27-14)11-3-2-6-30-11/h2-7H,1H3,(H,25,26,27,28). The molecule has 4 rings (SSSR count). The van der Waals surface area contributed by atoms with Crippen LogP contribution in [-0.2, 0) is 12.4 Å². The molecule has 0 fully saturated rings. The number of benzene rings is 1. The maximum Gasteiger partial charge on any atom is 0.435 e. The van der Waals surface area contributed by atoms with E-state index in [2.05, 4.69) is 19.9 Å². The van der Waals surface area contributed by atoms with Crippen molar-refractivity contribution in [3.05, 3.63) is 47.0 Å². The van der Waals surface area contributed by atoms with Crippen molar-refractivity contribution in [2.45, 2.75) is 12.4 Å². The fraction of sp³-hybridized carbons (Fsp3) is 0.167. The minimum absolute atomic E-state index is 0.0503. The van der Waals surface area contributed by atoms with E-state index in [0.29, 0.717) is 4.88 Å². The fourth-order valence-electron chi connectivity index (χ4n) is 2.81. The minimum Gasteiger partial charge on any atom is -0.496 e. The highest BCUT2D eigenvalue weighted by Crippen LogP contribution is 2.39. The van der Waals surface area contributed by atoms with Crippen molar-refractivity contribution in [2.75, 3.05) is 7.11 Å². The van der Waals surface area contributed by atoms with E-state index in [0.717, 1.165) is 36.6 Å². The third-order valence-electron chi connectivity index (χ3n) is 4.15. The Kier molecular flexibility index (Phi) is 4.68. The van der Waals surface area contributed by atoms with Crippen LogP contribution >= 0.6 is 11.3 Å². The van der Waals surface area contributed by atoms with Crippen molar-refractivity contribution in [2.24, 2.45) is 0 Å². The zero-order valence-electron chi connectivity index (χ0n) is 14.9. The number of fused-ring (bicyclic) bond motifs is 1. The Labute approximate surface area is 168 Å². The first-order chi connectivity index (χ1) is 14.1.